The fraction of sp³-hybridized carbons (Fsp3) is 0.211. The summed E-state index contributed by atoms with van der Waals surface area (Å²) in [7, 11) is 0. The van der Waals surface area contributed by atoms with E-state index in [2.05, 4.69) is 5.10 Å². The standard InChI is InChI=1S/C19H18N2O3/c1-2-3-8-16-18(19(23)24)17(22)12-20-21(16)15-10-9-13-6-4-5-7-14(13)11-15/h4-7,9-12H,2-3,8H2,1H3,(H,23,24). The average molecular weight is 322 g/mol. The third kappa shape index (κ3) is 2.93. The Morgan fingerprint density at radius 1 is 1.17 bits per heavy atom. The van der Waals surface area contributed by atoms with Crippen molar-refractivity contribution >= 4 is 16.7 Å². The van der Waals surface area contributed by atoms with Gasteiger partial charge in [0.05, 0.1) is 17.6 Å². The SMILES string of the molecule is CCCCc1c(C(=O)O)c(=O)cnn1-c1ccc2ccccc2c1. The number of hydrogen-bond donors (Lipinski definition) is 1. The zero-order valence-electron chi connectivity index (χ0n) is 13.4. The van der Waals surface area contributed by atoms with Crippen molar-refractivity contribution in [1.29, 1.82) is 0 Å². The number of carbonyl (C=O) groups is 1. The molecule has 0 unspecified atom stereocenters. The molecule has 0 saturated carbocycles. The molecule has 0 bridgehead atoms. The number of aromatic carboxylic acids is 1. The zero-order chi connectivity index (χ0) is 17.1. The fourth-order valence-corrected chi connectivity index (χ4v) is 2.83. The lowest BCUT2D eigenvalue weighted by molar-refractivity contribution is 0.0693. The third-order valence-corrected chi connectivity index (χ3v) is 4.04. The van der Waals surface area contributed by atoms with Crippen LogP contribution in [0.25, 0.3) is 16.5 Å². The molecule has 5 heteroatoms. The van der Waals surface area contributed by atoms with Crippen LogP contribution in [0.15, 0.2) is 53.5 Å². The summed E-state index contributed by atoms with van der Waals surface area (Å²) in [6.45, 7) is 2.02. The van der Waals surface area contributed by atoms with Gasteiger partial charge in [0.25, 0.3) is 0 Å². The van der Waals surface area contributed by atoms with Crippen LogP contribution in [0.4, 0.5) is 0 Å². The summed E-state index contributed by atoms with van der Waals surface area (Å²) in [5.74, 6) is -1.21. The molecular formula is C19H18N2O3. The maximum atomic E-state index is 12.0. The molecule has 0 aliphatic heterocycles. The van der Waals surface area contributed by atoms with Crippen molar-refractivity contribution in [2.24, 2.45) is 0 Å². The lowest BCUT2D eigenvalue weighted by Crippen LogP contribution is -2.24. The van der Waals surface area contributed by atoms with Crippen molar-refractivity contribution in [2.45, 2.75) is 26.2 Å². The number of carboxylic acid groups (broad SMARTS) is 1. The van der Waals surface area contributed by atoms with Gasteiger partial charge in [-0.2, -0.15) is 5.10 Å². The molecule has 5 nitrogen and oxygen atoms in total. The average Bonchev–Trinajstić information content (AvgIpc) is 2.59. The Balaban J connectivity index is 2.23. The highest BCUT2D eigenvalue weighted by Crippen LogP contribution is 2.20. The van der Waals surface area contributed by atoms with Crippen LogP contribution in [0.3, 0.4) is 0 Å². The van der Waals surface area contributed by atoms with E-state index >= 15 is 0 Å². The second-order valence-corrected chi connectivity index (χ2v) is 5.68. The minimum absolute atomic E-state index is 0.188. The lowest BCUT2D eigenvalue weighted by Gasteiger charge is -2.14. The molecule has 0 aliphatic rings. The number of rotatable bonds is 5. The van der Waals surface area contributed by atoms with Crippen LogP contribution in [-0.4, -0.2) is 20.9 Å². The van der Waals surface area contributed by atoms with Gasteiger partial charge >= 0.3 is 5.97 Å². The van der Waals surface area contributed by atoms with Crippen LogP contribution in [-0.2, 0) is 6.42 Å². The molecule has 0 saturated heterocycles. The number of unbranched alkanes of at least 4 members (excludes halogenated alkanes) is 1. The number of fused-ring (bicyclic) bond motifs is 1. The van der Waals surface area contributed by atoms with Gasteiger partial charge in [-0.05, 0) is 35.7 Å². The molecule has 0 amide bonds. The fourth-order valence-electron chi connectivity index (χ4n) is 2.83. The van der Waals surface area contributed by atoms with Gasteiger partial charge in [-0.1, -0.05) is 43.7 Å². The predicted octanol–water partition coefficient (Wildman–Crippen LogP) is 3.43. The Bertz CT molecular complexity index is 960. The number of hydrogen-bond acceptors (Lipinski definition) is 3. The Labute approximate surface area is 139 Å². The summed E-state index contributed by atoms with van der Waals surface area (Å²) in [5.41, 5.74) is 0.465. The predicted molar refractivity (Wildman–Crippen MR) is 92.9 cm³/mol. The highest BCUT2D eigenvalue weighted by Gasteiger charge is 2.19. The highest BCUT2D eigenvalue weighted by atomic mass is 16.4. The summed E-state index contributed by atoms with van der Waals surface area (Å²) >= 11 is 0. The van der Waals surface area contributed by atoms with Gasteiger partial charge in [0, 0.05) is 0 Å². The summed E-state index contributed by atoms with van der Waals surface area (Å²) in [6, 6.07) is 13.7. The van der Waals surface area contributed by atoms with E-state index in [1.54, 1.807) is 4.68 Å². The van der Waals surface area contributed by atoms with Gasteiger partial charge in [-0.25, -0.2) is 9.48 Å². The number of nitrogens with zero attached hydrogens (tertiary/aromatic N) is 2. The first-order valence-corrected chi connectivity index (χ1v) is 7.95. The molecule has 0 aliphatic carbocycles. The second kappa shape index (κ2) is 6.66. The molecule has 0 fully saturated rings. The first-order chi connectivity index (χ1) is 11.6. The molecule has 3 rings (SSSR count). The molecule has 0 atom stereocenters. The molecule has 122 valence electrons. The summed E-state index contributed by atoms with van der Waals surface area (Å²) in [6.07, 6.45) is 3.26. The molecule has 0 radical (unpaired) electrons. The van der Waals surface area contributed by atoms with Gasteiger partial charge < -0.3 is 5.11 Å². The largest absolute Gasteiger partial charge is 0.477 e. The summed E-state index contributed by atoms with van der Waals surface area (Å²) < 4.78 is 1.58. The first kappa shape index (κ1) is 15.9. The van der Waals surface area contributed by atoms with Crippen LogP contribution in [0.2, 0.25) is 0 Å². The third-order valence-electron chi connectivity index (χ3n) is 4.04. The summed E-state index contributed by atoms with van der Waals surface area (Å²) in [4.78, 5) is 23.5. The van der Waals surface area contributed by atoms with Crippen molar-refractivity contribution in [3.8, 4) is 5.69 Å². The van der Waals surface area contributed by atoms with Crippen LogP contribution >= 0.6 is 0 Å². The smallest absolute Gasteiger partial charge is 0.341 e. The van der Waals surface area contributed by atoms with Crippen molar-refractivity contribution in [1.82, 2.24) is 9.78 Å². The van der Waals surface area contributed by atoms with E-state index in [1.165, 1.54) is 0 Å². The van der Waals surface area contributed by atoms with E-state index in [9.17, 15) is 14.7 Å². The molecule has 1 heterocycles. The molecule has 1 N–H and O–H groups in total. The Morgan fingerprint density at radius 2 is 1.92 bits per heavy atom. The molecule has 1 aromatic heterocycles. The van der Waals surface area contributed by atoms with Crippen LogP contribution in [0.1, 0.15) is 35.8 Å². The van der Waals surface area contributed by atoms with Gasteiger partial charge in [0.2, 0.25) is 5.43 Å². The quantitative estimate of drug-likeness (QED) is 0.781. The topological polar surface area (TPSA) is 72.2 Å². The van der Waals surface area contributed by atoms with Crippen molar-refractivity contribution in [2.75, 3.05) is 0 Å². The number of aromatic nitrogens is 2. The van der Waals surface area contributed by atoms with E-state index in [4.69, 9.17) is 0 Å². The highest BCUT2D eigenvalue weighted by molar-refractivity contribution is 5.89. The van der Waals surface area contributed by atoms with Crippen molar-refractivity contribution in [3.05, 3.63) is 70.1 Å². The van der Waals surface area contributed by atoms with Crippen LogP contribution in [0.5, 0.6) is 0 Å². The minimum Gasteiger partial charge on any atom is -0.477 e. The van der Waals surface area contributed by atoms with Crippen LogP contribution in [0, 0.1) is 0 Å². The number of carboxylic acids is 1. The van der Waals surface area contributed by atoms with E-state index in [0.717, 1.165) is 35.5 Å². The minimum atomic E-state index is -1.21. The summed E-state index contributed by atoms with van der Waals surface area (Å²) in [5, 5.41) is 15.8. The van der Waals surface area contributed by atoms with Gasteiger partial charge in [-0.3, -0.25) is 4.79 Å². The van der Waals surface area contributed by atoms with Gasteiger partial charge in [-0.15, -0.1) is 0 Å². The van der Waals surface area contributed by atoms with E-state index < -0.39 is 11.4 Å². The molecule has 0 spiro atoms. The van der Waals surface area contributed by atoms with Crippen molar-refractivity contribution < 1.29 is 9.90 Å². The monoisotopic (exact) mass is 322 g/mol. The Kier molecular flexibility index (Phi) is 4.42. The molecule has 2 aromatic carbocycles. The van der Waals surface area contributed by atoms with Crippen LogP contribution < -0.4 is 5.43 Å². The molecule has 3 aromatic rings. The van der Waals surface area contributed by atoms with E-state index in [0.29, 0.717) is 12.1 Å². The van der Waals surface area contributed by atoms with E-state index in [1.807, 2.05) is 49.4 Å². The first-order valence-electron chi connectivity index (χ1n) is 7.95. The van der Waals surface area contributed by atoms with Gasteiger partial charge in [0.15, 0.2) is 0 Å². The Hall–Kier alpha value is -2.95. The number of benzene rings is 2. The second-order valence-electron chi connectivity index (χ2n) is 5.68. The normalized spacial score (nSPS) is 10.9. The van der Waals surface area contributed by atoms with E-state index in [-0.39, 0.29) is 5.56 Å². The Morgan fingerprint density at radius 3 is 2.62 bits per heavy atom. The molecule has 24 heavy (non-hydrogen) atoms. The maximum Gasteiger partial charge on any atom is 0.341 e. The van der Waals surface area contributed by atoms with Crippen molar-refractivity contribution in [3.63, 3.8) is 0 Å². The van der Waals surface area contributed by atoms with Gasteiger partial charge in [0.1, 0.15) is 5.56 Å². The zero-order valence-corrected chi connectivity index (χ0v) is 13.4. The maximum absolute atomic E-state index is 12.0. The molecular weight excluding hydrogens is 304 g/mol. The lowest BCUT2D eigenvalue weighted by atomic mass is 10.1.